The smallest absolute Gasteiger partial charge is 0.135 e. The predicted octanol–water partition coefficient (Wildman–Crippen LogP) is 15.8. The third-order valence-corrected chi connectivity index (χ3v) is 12.0. The van der Waals surface area contributed by atoms with Crippen LogP contribution in [-0.2, 0) is 0 Å². The average Bonchev–Trinajstić information content (AvgIpc) is 3.85. The van der Waals surface area contributed by atoms with E-state index in [1.54, 1.807) is 0 Å². The van der Waals surface area contributed by atoms with Gasteiger partial charge in [-0.15, -0.1) is 0 Å². The molecule has 0 saturated carbocycles. The molecule has 0 aliphatic heterocycles. The fourth-order valence-electron chi connectivity index (χ4n) is 9.19. The van der Waals surface area contributed by atoms with Crippen molar-refractivity contribution < 1.29 is 4.42 Å². The first-order valence-corrected chi connectivity index (χ1v) is 20.2. The number of furan rings is 1. The molecule has 12 aromatic rings. The monoisotopic (exact) mass is 752 g/mol. The van der Waals surface area contributed by atoms with Crippen molar-refractivity contribution >= 4 is 82.4 Å². The number of hydrogen-bond donors (Lipinski definition) is 0. The van der Waals surface area contributed by atoms with Gasteiger partial charge in [-0.05, 0) is 105 Å². The zero-order chi connectivity index (χ0) is 38.9. The highest BCUT2D eigenvalue weighted by Gasteiger charge is 2.18. The lowest BCUT2D eigenvalue weighted by Gasteiger charge is -2.26. The van der Waals surface area contributed by atoms with E-state index in [0.29, 0.717) is 0 Å². The maximum Gasteiger partial charge on any atom is 0.135 e. The van der Waals surface area contributed by atoms with Gasteiger partial charge >= 0.3 is 0 Å². The first-order chi connectivity index (χ1) is 29.2. The predicted molar refractivity (Wildman–Crippen MR) is 249 cm³/mol. The SMILES string of the molecule is c1cc(-c2ccc(N(c3ccc(-c4cccc5ccccc45)cc3)c3ccc4oc5ccccc5c4c3)cc2)cc(-n2c3ccccc3c3ccc4ccccc4c32)c1. The molecule has 0 spiro atoms. The van der Waals surface area contributed by atoms with Gasteiger partial charge in [0.2, 0.25) is 0 Å². The summed E-state index contributed by atoms with van der Waals surface area (Å²) in [5.74, 6) is 0. The van der Waals surface area contributed by atoms with E-state index in [4.69, 9.17) is 4.42 Å². The molecule has 0 saturated heterocycles. The largest absolute Gasteiger partial charge is 0.456 e. The second-order valence-corrected chi connectivity index (χ2v) is 15.3. The summed E-state index contributed by atoms with van der Waals surface area (Å²) in [7, 11) is 0. The Kier molecular flexibility index (Phi) is 7.54. The van der Waals surface area contributed by atoms with Crippen LogP contribution in [0.2, 0.25) is 0 Å². The highest BCUT2D eigenvalue weighted by Crippen LogP contribution is 2.41. The number of fused-ring (bicyclic) bond motifs is 9. The van der Waals surface area contributed by atoms with Gasteiger partial charge in [0.25, 0.3) is 0 Å². The summed E-state index contributed by atoms with van der Waals surface area (Å²) in [6, 6.07) is 78.8. The van der Waals surface area contributed by atoms with Crippen molar-refractivity contribution in [1.29, 1.82) is 0 Å². The molecule has 2 heterocycles. The number of rotatable bonds is 6. The molecule has 0 amide bonds. The molecule has 0 unspecified atom stereocenters. The third kappa shape index (κ3) is 5.44. The average molecular weight is 753 g/mol. The van der Waals surface area contributed by atoms with Gasteiger partial charge in [-0.25, -0.2) is 0 Å². The van der Waals surface area contributed by atoms with Crippen LogP contribution in [-0.4, -0.2) is 4.57 Å². The lowest BCUT2D eigenvalue weighted by atomic mass is 9.98. The summed E-state index contributed by atoms with van der Waals surface area (Å²) in [5.41, 5.74) is 13.3. The summed E-state index contributed by atoms with van der Waals surface area (Å²) in [6.45, 7) is 0. The van der Waals surface area contributed by atoms with Gasteiger partial charge in [0.1, 0.15) is 11.2 Å². The van der Waals surface area contributed by atoms with Crippen LogP contribution in [0.15, 0.2) is 223 Å². The van der Waals surface area contributed by atoms with E-state index < -0.39 is 0 Å². The fourth-order valence-corrected chi connectivity index (χ4v) is 9.19. The Morgan fingerprint density at radius 2 is 0.949 bits per heavy atom. The van der Waals surface area contributed by atoms with E-state index in [1.807, 2.05) is 12.1 Å². The molecule has 12 rings (SSSR count). The molecule has 3 heteroatoms. The van der Waals surface area contributed by atoms with Crippen molar-refractivity contribution in [3.8, 4) is 27.9 Å². The van der Waals surface area contributed by atoms with Crippen molar-refractivity contribution in [2.75, 3.05) is 4.90 Å². The zero-order valence-electron chi connectivity index (χ0n) is 32.1. The minimum absolute atomic E-state index is 0.882. The van der Waals surface area contributed by atoms with Crippen LogP contribution < -0.4 is 4.90 Å². The molecule has 0 aliphatic carbocycles. The maximum absolute atomic E-state index is 6.25. The molecule has 10 aromatic carbocycles. The Labute approximate surface area is 341 Å². The molecular formula is C56H36N2O. The Bertz CT molecular complexity index is 3550. The van der Waals surface area contributed by atoms with E-state index in [-0.39, 0.29) is 0 Å². The first-order valence-electron chi connectivity index (χ1n) is 20.2. The summed E-state index contributed by atoms with van der Waals surface area (Å²) >= 11 is 0. The minimum Gasteiger partial charge on any atom is -0.456 e. The van der Waals surface area contributed by atoms with Gasteiger partial charge in [0.15, 0.2) is 0 Å². The van der Waals surface area contributed by atoms with E-state index >= 15 is 0 Å². The van der Waals surface area contributed by atoms with Crippen molar-refractivity contribution in [1.82, 2.24) is 4.57 Å². The highest BCUT2D eigenvalue weighted by molar-refractivity contribution is 6.18. The van der Waals surface area contributed by atoms with Crippen molar-refractivity contribution in [3.63, 3.8) is 0 Å². The quantitative estimate of drug-likeness (QED) is 0.169. The molecule has 0 bridgehead atoms. The van der Waals surface area contributed by atoms with Crippen LogP contribution in [0.5, 0.6) is 0 Å². The lowest BCUT2D eigenvalue weighted by molar-refractivity contribution is 0.669. The summed E-state index contributed by atoms with van der Waals surface area (Å²) in [4.78, 5) is 2.34. The number of nitrogens with zero attached hydrogens (tertiary/aromatic N) is 2. The van der Waals surface area contributed by atoms with Gasteiger partial charge in [-0.3, -0.25) is 0 Å². The highest BCUT2D eigenvalue weighted by atomic mass is 16.3. The molecule has 59 heavy (non-hydrogen) atoms. The van der Waals surface area contributed by atoms with Crippen LogP contribution in [0, 0.1) is 0 Å². The van der Waals surface area contributed by atoms with Crippen LogP contribution in [0.4, 0.5) is 17.1 Å². The number of benzene rings is 10. The number of hydrogen-bond acceptors (Lipinski definition) is 2. The Morgan fingerprint density at radius 3 is 1.76 bits per heavy atom. The van der Waals surface area contributed by atoms with E-state index in [9.17, 15) is 0 Å². The van der Waals surface area contributed by atoms with Crippen molar-refractivity contribution in [3.05, 3.63) is 218 Å². The van der Waals surface area contributed by atoms with Crippen molar-refractivity contribution in [2.24, 2.45) is 0 Å². The molecule has 0 aliphatic rings. The summed E-state index contributed by atoms with van der Waals surface area (Å²) in [6.07, 6.45) is 0. The summed E-state index contributed by atoms with van der Waals surface area (Å²) < 4.78 is 8.68. The molecule has 3 nitrogen and oxygen atoms in total. The normalized spacial score (nSPS) is 11.7. The Hall–Kier alpha value is -7.88. The standard InChI is InChI=1S/C56H36N2O/c1-3-16-46-38(11-1)13-10-20-47(46)40-25-30-43(31-26-40)57(45-32-34-55-52(36-45)50-19-6-8-22-54(50)59-55)42-28-23-37(24-29-42)41-14-9-15-44(35-41)58-53-21-7-5-18-49(53)51-33-27-39-12-2-4-17-48(39)56(51)58/h1-36H. The number of anilines is 3. The molecular weight excluding hydrogens is 717 g/mol. The van der Waals surface area contributed by atoms with Gasteiger partial charge in [0, 0.05) is 49.7 Å². The third-order valence-electron chi connectivity index (χ3n) is 12.0. The maximum atomic E-state index is 6.25. The molecule has 2 aromatic heterocycles. The van der Waals surface area contributed by atoms with E-state index in [0.717, 1.165) is 55.8 Å². The van der Waals surface area contributed by atoms with Crippen LogP contribution >= 0.6 is 0 Å². The van der Waals surface area contributed by atoms with Crippen molar-refractivity contribution in [2.45, 2.75) is 0 Å². The Morgan fingerprint density at radius 1 is 0.339 bits per heavy atom. The minimum atomic E-state index is 0.882. The van der Waals surface area contributed by atoms with E-state index in [1.165, 1.54) is 54.5 Å². The van der Waals surface area contributed by atoms with Gasteiger partial charge in [0.05, 0.1) is 11.0 Å². The first kappa shape index (κ1) is 33.3. The van der Waals surface area contributed by atoms with E-state index in [2.05, 4.69) is 216 Å². The fraction of sp³-hybridized carbons (Fsp3) is 0. The van der Waals surface area contributed by atoms with Crippen LogP contribution in [0.3, 0.4) is 0 Å². The second kappa shape index (κ2) is 13.4. The van der Waals surface area contributed by atoms with Gasteiger partial charge in [-0.2, -0.15) is 0 Å². The Balaban J connectivity index is 0.968. The molecule has 0 fully saturated rings. The van der Waals surface area contributed by atoms with Gasteiger partial charge < -0.3 is 13.9 Å². The lowest BCUT2D eigenvalue weighted by Crippen LogP contribution is -2.09. The molecule has 0 N–H and O–H groups in total. The molecule has 276 valence electrons. The van der Waals surface area contributed by atoms with Crippen LogP contribution in [0.25, 0.3) is 93.2 Å². The van der Waals surface area contributed by atoms with Crippen LogP contribution in [0.1, 0.15) is 0 Å². The number of para-hydroxylation sites is 2. The second-order valence-electron chi connectivity index (χ2n) is 15.3. The molecule has 0 atom stereocenters. The zero-order valence-corrected chi connectivity index (χ0v) is 32.1. The molecule has 0 radical (unpaired) electrons. The topological polar surface area (TPSA) is 21.3 Å². The van der Waals surface area contributed by atoms with Gasteiger partial charge in [-0.1, -0.05) is 152 Å². The number of aromatic nitrogens is 1. The summed E-state index contributed by atoms with van der Waals surface area (Å²) in [5, 5.41) is 9.72.